The van der Waals surface area contributed by atoms with Gasteiger partial charge in [-0.3, -0.25) is 4.90 Å². The van der Waals surface area contributed by atoms with Crippen molar-refractivity contribution in [3.05, 3.63) is 120 Å². The summed E-state index contributed by atoms with van der Waals surface area (Å²) in [4.78, 5) is 5.77. The first-order chi connectivity index (χ1) is 22.8. The second-order valence-corrected chi connectivity index (χ2v) is 15.4. The summed E-state index contributed by atoms with van der Waals surface area (Å²) in [5, 5.41) is 10.2. The summed E-state index contributed by atoms with van der Waals surface area (Å²) < 4.78 is 0. The molecule has 2 fully saturated rings. The lowest BCUT2D eigenvalue weighted by molar-refractivity contribution is 0.0705. The van der Waals surface area contributed by atoms with Gasteiger partial charge in [0, 0.05) is 47.5 Å². The Labute approximate surface area is 276 Å². The van der Waals surface area contributed by atoms with E-state index in [1.165, 1.54) is 38.5 Å². The van der Waals surface area contributed by atoms with Crippen LogP contribution in [0.15, 0.2) is 120 Å². The first-order valence-corrected chi connectivity index (χ1v) is 18.6. The number of nitriles is 1. The van der Waals surface area contributed by atoms with Crippen molar-refractivity contribution in [2.45, 2.75) is 94.4 Å². The molecule has 3 heteroatoms. The molecule has 2 heterocycles. The van der Waals surface area contributed by atoms with Gasteiger partial charge in [-0.25, -0.2) is 0 Å². The van der Waals surface area contributed by atoms with Crippen LogP contribution in [0.4, 0.5) is 0 Å². The molecule has 0 N–H and O–H groups in total. The topological polar surface area (TPSA) is 30.3 Å². The molecule has 0 spiro atoms. The Hall–Kier alpha value is -3.35. The fourth-order valence-corrected chi connectivity index (χ4v) is 11.4. The first-order valence-electron chi connectivity index (χ1n) is 18.6. The second-order valence-electron chi connectivity index (χ2n) is 15.4. The van der Waals surface area contributed by atoms with Crippen LogP contribution in [0.2, 0.25) is 0 Å². The highest BCUT2D eigenvalue weighted by atomic mass is 15.3. The van der Waals surface area contributed by atoms with Gasteiger partial charge in [-0.1, -0.05) is 103 Å². The van der Waals surface area contributed by atoms with E-state index in [0.29, 0.717) is 65.7 Å². The van der Waals surface area contributed by atoms with Crippen LogP contribution in [-0.4, -0.2) is 40.0 Å². The predicted molar refractivity (Wildman–Crippen MR) is 187 cm³/mol. The molecule has 9 rings (SSSR count). The molecule has 236 valence electrons. The summed E-state index contributed by atoms with van der Waals surface area (Å²) >= 11 is 0. The van der Waals surface area contributed by atoms with Crippen LogP contribution in [0, 0.1) is 52.8 Å². The minimum absolute atomic E-state index is 0.112. The van der Waals surface area contributed by atoms with Gasteiger partial charge in [-0.05, 0) is 87.7 Å². The van der Waals surface area contributed by atoms with Crippen LogP contribution < -0.4 is 0 Å². The maximum Gasteiger partial charge on any atom is 0.0675 e. The van der Waals surface area contributed by atoms with E-state index in [-0.39, 0.29) is 5.92 Å². The van der Waals surface area contributed by atoms with Crippen molar-refractivity contribution in [3.63, 3.8) is 0 Å². The lowest BCUT2D eigenvalue weighted by Crippen LogP contribution is -2.50. The van der Waals surface area contributed by atoms with Crippen LogP contribution in [0.25, 0.3) is 0 Å². The maximum absolute atomic E-state index is 10.2. The Morgan fingerprint density at radius 2 is 1.57 bits per heavy atom. The van der Waals surface area contributed by atoms with E-state index in [1.807, 2.05) is 0 Å². The van der Waals surface area contributed by atoms with E-state index in [9.17, 15) is 5.26 Å². The minimum Gasteiger partial charge on any atom is -0.360 e. The molecular weight excluding hydrogens is 558 g/mol. The molecule has 0 saturated carbocycles. The summed E-state index contributed by atoms with van der Waals surface area (Å²) in [6.45, 7) is 0. The third-order valence-corrected chi connectivity index (χ3v) is 13.3. The summed E-state index contributed by atoms with van der Waals surface area (Å²) in [7, 11) is 0. The van der Waals surface area contributed by atoms with E-state index >= 15 is 0 Å². The molecule has 0 aromatic rings. The zero-order chi connectivity index (χ0) is 30.6. The number of allylic oxidation sites excluding steroid dienone is 13. The second kappa shape index (κ2) is 12.0. The number of hydrogen-bond donors (Lipinski definition) is 0. The van der Waals surface area contributed by atoms with E-state index in [2.05, 4.69) is 119 Å². The normalized spacial score (nSPS) is 43.7. The SMILES string of the molecule is N#CC1CC=CCC1N1C2CCC=CC2C2C=CC(C3CC=CC=C3C3CC=CC=C3N3C4CCCC=C4C4C=CC=CC43)CC21. The standard InChI is InChI=1S/C43H49N3/c44-28-30-13-1-8-20-38(30)45-40-22-10-7-19-36(40)37-26-25-29(27-43(37)45)31-14-2-3-15-32(31)33-16-4-9-21-39(33)46-41-23-11-5-17-34(41)35-18-6-12-24-42(35)46/h1-5,7-9,11,15,17-19,21,23,25-26,29-31,33-34,36-38,40-43H,6,10,12-14,16,20,22,24,27H2. The first kappa shape index (κ1) is 28.8. The third kappa shape index (κ3) is 4.62. The van der Waals surface area contributed by atoms with Crippen molar-refractivity contribution in [1.29, 1.82) is 5.26 Å². The van der Waals surface area contributed by atoms with E-state index in [4.69, 9.17) is 0 Å². The molecule has 0 radical (unpaired) electrons. The van der Waals surface area contributed by atoms with Gasteiger partial charge in [0.25, 0.3) is 0 Å². The third-order valence-electron chi connectivity index (χ3n) is 13.3. The average molecular weight is 608 g/mol. The Balaban J connectivity index is 1.03. The Morgan fingerprint density at radius 1 is 0.696 bits per heavy atom. The zero-order valence-corrected chi connectivity index (χ0v) is 27.2. The number of rotatable bonds is 4. The molecule has 0 bridgehead atoms. The molecule has 7 aliphatic carbocycles. The van der Waals surface area contributed by atoms with E-state index in [1.54, 1.807) is 16.8 Å². The maximum atomic E-state index is 10.2. The number of hydrogen-bond acceptors (Lipinski definition) is 3. The largest absolute Gasteiger partial charge is 0.360 e. The molecule has 12 unspecified atom stereocenters. The molecule has 2 saturated heterocycles. The molecule has 46 heavy (non-hydrogen) atoms. The fourth-order valence-electron chi connectivity index (χ4n) is 11.4. The van der Waals surface area contributed by atoms with Crippen LogP contribution in [-0.2, 0) is 0 Å². The Kier molecular flexibility index (Phi) is 7.54. The van der Waals surface area contributed by atoms with Crippen molar-refractivity contribution in [1.82, 2.24) is 9.80 Å². The van der Waals surface area contributed by atoms with Crippen molar-refractivity contribution in [2.24, 2.45) is 41.4 Å². The van der Waals surface area contributed by atoms with Crippen LogP contribution in [0.5, 0.6) is 0 Å². The minimum atomic E-state index is 0.112. The van der Waals surface area contributed by atoms with Gasteiger partial charge >= 0.3 is 0 Å². The van der Waals surface area contributed by atoms with Gasteiger partial charge in [0.1, 0.15) is 0 Å². The monoisotopic (exact) mass is 607 g/mol. The zero-order valence-electron chi connectivity index (χ0n) is 27.2. The van der Waals surface area contributed by atoms with Crippen LogP contribution >= 0.6 is 0 Å². The van der Waals surface area contributed by atoms with Crippen molar-refractivity contribution >= 4 is 0 Å². The number of nitrogens with zero attached hydrogens (tertiary/aromatic N) is 3. The fraction of sp³-hybridized carbons (Fsp3) is 0.512. The van der Waals surface area contributed by atoms with Gasteiger partial charge in [0.2, 0.25) is 0 Å². The Morgan fingerprint density at radius 3 is 2.52 bits per heavy atom. The van der Waals surface area contributed by atoms with Crippen LogP contribution in [0.3, 0.4) is 0 Å². The molecule has 9 aliphatic rings. The van der Waals surface area contributed by atoms with Crippen LogP contribution in [0.1, 0.15) is 64.2 Å². The highest BCUT2D eigenvalue weighted by molar-refractivity contribution is 5.43. The summed E-state index contributed by atoms with van der Waals surface area (Å²) in [6, 6.07) is 5.17. The van der Waals surface area contributed by atoms with Crippen molar-refractivity contribution in [2.75, 3.05) is 0 Å². The molecule has 0 aromatic carbocycles. The van der Waals surface area contributed by atoms with Crippen molar-refractivity contribution < 1.29 is 0 Å². The molecule has 3 nitrogen and oxygen atoms in total. The lowest BCUT2D eigenvalue weighted by Gasteiger charge is -2.45. The summed E-state index contributed by atoms with van der Waals surface area (Å²) in [5.41, 5.74) is 4.89. The number of fused-ring (bicyclic) bond motifs is 6. The summed E-state index contributed by atoms with van der Waals surface area (Å²) in [5.74, 6) is 3.30. The van der Waals surface area contributed by atoms with Gasteiger partial charge in [0.15, 0.2) is 0 Å². The molecule has 0 amide bonds. The number of likely N-dealkylation sites (tertiary alicyclic amines) is 2. The van der Waals surface area contributed by atoms with Gasteiger partial charge < -0.3 is 4.90 Å². The average Bonchev–Trinajstić information content (AvgIpc) is 3.64. The molecular formula is C43H49N3. The highest BCUT2D eigenvalue weighted by Crippen LogP contribution is 2.53. The predicted octanol–water partition coefficient (Wildman–Crippen LogP) is 8.92. The van der Waals surface area contributed by atoms with Gasteiger partial charge in [-0.2, -0.15) is 5.26 Å². The molecule has 0 aromatic heterocycles. The van der Waals surface area contributed by atoms with Crippen molar-refractivity contribution in [3.8, 4) is 6.07 Å². The Bertz CT molecular complexity index is 1570. The van der Waals surface area contributed by atoms with Gasteiger partial charge in [0.05, 0.1) is 24.1 Å². The lowest BCUT2D eigenvalue weighted by atomic mass is 9.67. The molecule has 2 aliphatic heterocycles. The smallest absolute Gasteiger partial charge is 0.0675 e. The molecule has 12 atom stereocenters. The van der Waals surface area contributed by atoms with E-state index in [0.717, 1.165) is 25.7 Å². The highest BCUT2D eigenvalue weighted by Gasteiger charge is 2.53. The quantitative estimate of drug-likeness (QED) is 0.299. The van der Waals surface area contributed by atoms with E-state index < -0.39 is 0 Å². The summed E-state index contributed by atoms with van der Waals surface area (Å²) in [6.07, 6.45) is 53.1. The van der Waals surface area contributed by atoms with Gasteiger partial charge in [-0.15, -0.1) is 0 Å².